The second-order valence-electron chi connectivity index (χ2n) is 4.23. The second kappa shape index (κ2) is 7.50. The Hall–Kier alpha value is -1.92. The maximum atomic E-state index is 11.5. The van der Waals surface area contributed by atoms with Crippen LogP contribution in [0.5, 0.6) is 0 Å². The summed E-state index contributed by atoms with van der Waals surface area (Å²) in [4.78, 5) is 21.8. The van der Waals surface area contributed by atoms with Crippen molar-refractivity contribution in [2.75, 3.05) is 6.54 Å². The van der Waals surface area contributed by atoms with Gasteiger partial charge in [0.05, 0.1) is 6.42 Å². The lowest BCUT2D eigenvalue weighted by atomic mass is 10.0. The van der Waals surface area contributed by atoms with Crippen molar-refractivity contribution in [3.05, 3.63) is 35.9 Å². The molecule has 0 aromatic heterocycles. The molecule has 0 bridgehead atoms. The molecule has 1 aromatic carbocycles. The maximum absolute atomic E-state index is 11.5. The molecule has 0 aliphatic rings. The summed E-state index contributed by atoms with van der Waals surface area (Å²) in [6.07, 6.45) is -1.17. The minimum absolute atomic E-state index is 0.0245. The number of benzene rings is 1. The van der Waals surface area contributed by atoms with Crippen molar-refractivity contribution in [1.82, 2.24) is 5.32 Å². The molecule has 0 spiro atoms. The summed E-state index contributed by atoms with van der Waals surface area (Å²) in [7, 11) is 0. The summed E-state index contributed by atoms with van der Waals surface area (Å²) < 4.78 is 0. The molecule has 0 aliphatic heterocycles. The number of hydrogen-bond donors (Lipinski definition) is 4. The Balaban J connectivity index is 2.41. The van der Waals surface area contributed by atoms with E-state index in [-0.39, 0.29) is 13.0 Å². The summed E-state index contributed by atoms with van der Waals surface area (Å²) in [6, 6.07) is 8.55. The van der Waals surface area contributed by atoms with Crippen molar-refractivity contribution in [1.29, 1.82) is 0 Å². The van der Waals surface area contributed by atoms with E-state index in [1.807, 2.05) is 30.3 Å². The van der Waals surface area contributed by atoms with E-state index >= 15 is 0 Å². The highest BCUT2D eigenvalue weighted by molar-refractivity contribution is 5.81. The SMILES string of the molecule is NC(Cc1ccccc1)C(O)C(=O)NCCC(=O)O. The van der Waals surface area contributed by atoms with Gasteiger partial charge in [0.15, 0.2) is 0 Å². The lowest BCUT2D eigenvalue weighted by Crippen LogP contribution is -2.47. The Morgan fingerprint density at radius 3 is 2.47 bits per heavy atom. The van der Waals surface area contributed by atoms with Gasteiger partial charge in [0.1, 0.15) is 6.10 Å². The van der Waals surface area contributed by atoms with Gasteiger partial charge >= 0.3 is 5.97 Å². The van der Waals surface area contributed by atoms with Gasteiger partial charge in [-0.2, -0.15) is 0 Å². The summed E-state index contributed by atoms with van der Waals surface area (Å²) >= 11 is 0. The predicted octanol–water partition coefficient (Wildman–Crippen LogP) is -0.492. The normalized spacial score (nSPS) is 13.6. The Morgan fingerprint density at radius 1 is 1.26 bits per heavy atom. The summed E-state index contributed by atoms with van der Waals surface area (Å²) in [5, 5.41) is 20.5. The number of aliphatic carboxylic acids is 1. The molecule has 1 aromatic rings. The van der Waals surface area contributed by atoms with Crippen LogP contribution >= 0.6 is 0 Å². The number of aliphatic hydroxyl groups is 1. The van der Waals surface area contributed by atoms with Gasteiger partial charge in [-0.05, 0) is 12.0 Å². The van der Waals surface area contributed by atoms with Gasteiger partial charge in [0.2, 0.25) is 5.91 Å². The zero-order chi connectivity index (χ0) is 14.3. The minimum Gasteiger partial charge on any atom is -0.481 e. The fraction of sp³-hybridized carbons (Fsp3) is 0.385. The van der Waals surface area contributed by atoms with E-state index in [9.17, 15) is 14.7 Å². The molecule has 0 radical (unpaired) electrons. The van der Waals surface area contributed by atoms with Crippen LogP contribution in [0.2, 0.25) is 0 Å². The summed E-state index contributed by atoms with van der Waals surface area (Å²) in [5.74, 6) is -1.66. The maximum Gasteiger partial charge on any atom is 0.305 e. The van der Waals surface area contributed by atoms with Gasteiger partial charge in [-0.1, -0.05) is 30.3 Å². The number of carbonyl (C=O) groups excluding carboxylic acids is 1. The van der Waals surface area contributed by atoms with Crippen molar-refractivity contribution in [3.8, 4) is 0 Å². The van der Waals surface area contributed by atoms with E-state index in [0.29, 0.717) is 6.42 Å². The topological polar surface area (TPSA) is 113 Å². The monoisotopic (exact) mass is 266 g/mol. The molecule has 2 unspecified atom stereocenters. The van der Waals surface area contributed by atoms with E-state index in [0.717, 1.165) is 5.56 Å². The van der Waals surface area contributed by atoms with Gasteiger partial charge in [0, 0.05) is 12.6 Å². The molecule has 6 heteroatoms. The lowest BCUT2D eigenvalue weighted by Gasteiger charge is -2.18. The van der Waals surface area contributed by atoms with Crippen LogP contribution in [-0.4, -0.2) is 40.8 Å². The summed E-state index contributed by atoms with van der Waals surface area (Å²) in [5.41, 5.74) is 6.68. The van der Waals surface area contributed by atoms with Gasteiger partial charge in [0.25, 0.3) is 0 Å². The molecule has 5 N–H and O–H groups in total. The number of hydrogen-bond acceptors (Lipinski definition) is 4. The standard InChI is InChI=1S/C13H18N2O4/c14-10(8-9-4-2-1-3-5-9)12(18)13(19)15-7-6-11(16)17/h1-5,10,12,18H,6-8,14H2,(H,15,19)(H,16,17). The molecule has 2 atom stereocenters. The summed E-state index contributed by atoms with van der Waals surface area (Å²) in [6.45, 7) is -0.0245. The van der Waals surface area contributed by atoms with E-state index in [4.69, 9.17) is 10.8 Å². The first kappa shape index (κ1) is 15.1. The largest absolute Gasteiger partial charge is 0.481 e. The molecule has 0 saturated carbocycles. The molecule has 0 heterocycles. The van der Waals surface area contributed by atoms with Crippen LogP contribution in [0.1, 0.15) is 12.0 Å². The molecule has 0 fully saturated rings. The molecule has 1 amide bonds. The molecule has 0 aliphatic carbocycles. The molecular formula is C13H18N2O4. The molecule has 6 nitrogen and oxygen atoms in total. The van der Waals surface area contributed by atoms with Crippen molar-refractivity contribution in [2.45, 2.75) is 25.0 Å². The zero-order valence-corrected chi connectivity index (χ0v) is 10.5. The van der Waals surface area contributed by atoms with Crippen LogP contribution < -0.4 is 11.1 Å². The lowest BCUT2D eigenvalue weighted by molar-refractivity contribution is -0.137. The van der Waals surface area contributed by atoms with Gasteiger partial charge in [-0.3, -0.25) is 9.59 Å². The van der Waals surface area contributed by atoms with Crippen LogP contribution in [0.4, 0.5) is 0 Å². The highest BCUT2D eigenvalue weighted by Crippen LogP contribution is 2.04. The highest BCUT2D eigenvalue weighted by atomic mass is 16.4. The third-order valence-corrected chi connectivity index (χ3v) is 2.63. The molecule has 0 saturated heterocycles. The van der Waals surface area contributed by atoms with Crippen molar-refractivity contribution < 1.29 is 19.8 Å². The van der Waals surface area contributed by atoms with Crippen LogP contribution in [-0.2, 0) is 16.0 Å². The van der Waals surface area contributed by atoms with Crippen LogP contribution in [0.3, 0.4) is 0 Å². The van der Waals surface area contributed by atoms with Crippen molar-refractivity contribution in [2.24, 2.45) is 5.73 Å². The number of aliphatic hydroxyl groups excluding tert-OH is 1. The van der Waals surface area contributed by atoms with Gasteiger partial charge in [-0.15, -0.1) is 0 Å². The third-order valence-electron chi connectivity index (χ3n) is 2.63. The fourth-order valence-electron chi connectivity index (χ4n) is 1.59. The number of carboxylic acids is 1. The first-order valence-electron chi connectivity index (χ1n) is 5.97. The van der Waals surface area contributed by atoms with E-state index in [1.165, 1.54) is 0 Å². The average Bonchev–Trinajstić information content (AvgIpc) is 2.38. The zero-order valence-electron chi connectivity index (χ0n) is 10.5. The second-order valence-corrected chi connectivity index (χ2v) is 4.23. The number of nitrogens with two attached hydrogens (primary N) is 1. The minimum atomic E-state index is -1.35. The smallest absolute Gasteiger partial charge is 0.305 e. The Kier molecular flexibility index (Phi) is 5.98. The Morgan fingerprint density at radius 2 is 1.89 bits per heavy atom. The predicted molar refractivity (Wildman–Crippen MR) is 69.4 cm³/mol. The number of amides is 1. The van der Waals surface area contributed by atoms with Gasteiger partial charge in [-0.25, -0.2) is 0 Å². The number of rotatable bonds is 7. The average molecular weight is 266 g/mol. The molecular weight excluding hydrogens is 248 g/mol. The number of nitrogens with one attached hydrogen (secondary N) is 1. The van der Waals surface area contributed by atoms with Gasteiger partial charge < -0.3 is 21.3 Å². The van der Waals surface area contributed by atoms with Crippen molar-refractivity contribution >= 4 is 11.9 Å². The third kappa shape index (κ3) is 5.50. The fourth-order valence-corrected chi connectivity index (χ4v) is 1.59. The Bertz CT molecular complexity index is 422. The highest BCUT2D eigenvalue weighted by Gasteiger charge is 2.22. The molecule has 19 heavy (non-hydrogen) atoms. The quantitative estimate of drug-likeness (QED) is 0.532. The first-order chi connectivity index (χ1) is 9.00. The first-order valence-corrected chi connectivity index (χ1v) is 5.97. The van der Waals surface area contributed by atoms with E-state index in [1.54, 1.807) is 0 Å². The van der Waals surface area contributed by atoms with E-state index in [2.05, 4.69) is 5.32 Å². The number of carbonyl (C=O) groups is 2. The van der Waals surface area contributed by atoms with Crippen LogP contribution in [0.15, 0.2) is 30.3 Å². The van der Waals surface area contributed by atoms with E-state index < -0.39 is 24.0 Å². The van der Waals surface area contributed by atoms with Crippen LogP contribution in [0.25, 0.3) is 0 Å². The molecule has 104 valence electrons. The Labute approximate surface area is 111 Å². The number of carboxylic acid groups (broad SMARTS) is 1. The molecule has 1 rings (SSSR count). The van der Waals surface area contributed by atoms with Crippen LogP contribution in [0, 0.1) is 0 Å². The van der Waals surface area contributed by atoms with Crippen molar-refractivity contribution in [3.63, 3.8) is 0 Å².